The smallest absolute Gasteiger partial charge is 0.306 e. The molecule has 0 saturated heterocycles. The van der Waals surface area contributed by atoms with Crippen LogP contribution in [0.25, 0.3) is 0 Å². The molecule has 1 atom stereocenters. The molecule has 0 bridgehead atoms. The lowest BCUT2D eigenvalue weighted by Crippen LogP contribution is -2.30. The first-order valence-corrected chi connectivity index (χ1v) is 30.9. The summed E-state index contributed by atoms with van der Waals surface area (Å²) in [4.78, 5) is 38.2. The molecule has 0 aliphatic rings. The number of hydrogen-bond donors (Lipinski definition) is 0. The van der Waals surface area contributed by atoms with Gasteiger partial charge >= 0.3 is 17.9 Å². The van der Waals surface area contributed by atoms with E-state index < -0.39 is 6.10 Å². The van der Waals surface area contributed by atoms with E-state index in [1.807, 2.05) is 0 Å². The van der Waals surface area contributed by atoms with Gasteiger partial charge in [-0.05, 0) is 70.6 Å². The third-order valence-corrected chi connectivity index (χ3v) is 13.5. The molecule has 6 heteroatoms. The number of ether oxygens (including phenoxy) is 3. The second-order valence-electron chi connectivity index (χ2n) is 20.6. The number of rotatable bonds is 56. The molecule has 0 spiro atoms. The normalized spacial score (nSPS) is 12.5. The molecule has 1 unspecified atom stereocenters. The molecule has 0 aromatic rings. The largest absolute Gasteiger partial charge is 0.462 e. The van der Waals surface area contributed by atoms with E-state index in [0.717, 1.165) is 96.3 Å². The van der Waals surface area contributed by atoms with Gasteiger partial charge in [0, 0.05) is 19.3 Å². The van der Waals surface area contributed by atoms with Gasteiger partial charge in [0.25, 0.3) is 0 Å². The van der Waals surface area contributed by atoms with Crippen molar-refractivity contribution in [2.75, 3.05) is 13.2 Å². The van der Waals surface area contributed by atoms with Crippen LogP contribution in [0.3, 0.4) is 0 Å². The number of carbonyl (C=O) groups excluding carboxylic acids is 3. The Bertz CT molecular complexity index is 1340. The van der Waals surface area contributed by atoms with E-state index in [1.165, 1.54) is 173 Å². The molecule has 0 heterocycles. The Morgan fingerprint density at radius 3 is 0.847 bits per heavy atom. The zero-order valence-electron chi connectivity index (χ0n) is 47.7. The first kappa shape index (κ1) is 68.8. The Hall–Kier alpha value is -3.15. The molecular weight excluding hydrogens is 889 g/mol. The first-order chi connectivity index (χ1) is 35.5. The van der Waals surface area contributed by atoms with Crippen molar-refractivity contribution >= 4 is 17.9 Å². The van der Waals surface area contributed by atoms with Crippen molar-refractivity contribution in [3.8, 4) is 0 Å². The van der Waals surface area contributed by atoms with Gasteiger partial charge in [-0.2, -0.15) is 0 Å². The fraction of sp³-hybridized carbons (Fsp3) is 0.773. The summed E-state index contributed by atoms with van der Waals surface area (Å²) >= 11 is 0. The number of hydrogen-bond acceptors (Lipinski definition) is 6. The number of esters is 3. The zero-order valence-corrected chi connectivity index (χ0v) is 47.7. The topological polar surface area (TPSA) is 78.9 Å². The van der Waals surface area contributed by atoms with Crippen molar-refractivity contribution in [3.05, 3.63) is 72.9 Å². The Balaban J connectivity index is 4.21. The van der Waals surface area contributed by atoms with Crippen molar-refractivity contribution in [1.29, 1.82) is 0 Å². The molecule has 0 saturated carbocycles. The minimum Gasteiger partial charge on any atom is -0.462 e. The van der Waals surface area contributed by atoms with Crippen LogP contribution < -0.4 is 0 Å². The van der Waals surface area contributed by atoms with E-state index in [0.29, 0.717) is 19.3 Å². The third-order valence-electron chi connectivity index (χ3n) is 13.5. The van der Waals surface area contributed by atoms with E-state index in [9.17, 15) is 14.4 Å². The van der Waals surface area contributed by atoms with E-state index in [1.54, 1.807) is 0 Å². The highest BCUT2D eigenvalue weighted by molar-refractivity contribution is 5.71. The molecule has 0 fully saturated rings. The van der Waals surface area contributed by atoms with Gasteiger partial charge in [0.05, 0.1) is 0 Å². The van der Waals surface area contributed by atoms with Crippen molar-refractivity contribution in [2.24, 2.45) is 0 Å². The van der Waals surface area contributed by atoms with Crippen LogP contribution in [0, 0.1) is 0 Å². The lowest BCUT2D eigenvalue weighted by Gasteiger charge is -2.18. The maximum absolute atomic E-state index is 12.8. The molecule has 6 nitrogen and oxygen atoms in total. The predicted molar refractivity (Wildman–Crippen MR) is 311 cm³/mol. The summed E-state index contributed by atoms with van der Waals surface area (Å²) in [6, 6.07) is 0. The highest BCUT2D eigenvalue weighted by Crippen LogP contribution is 2.17. The van der Waals surface area contributed by atoms with Crippen molar-refractivity contribution < 1.29 is 28.6 Å². The maximum Gasteiger partial charge on any atom is 0.306 e. The molecule has 0 rings (SSSR count). The quantitative estimate of drug-likeness (QED) is 0.0261. The summed E-state index contributed by atoms with van der Waals surface area (Å²) in [6.07, 6.45) is 77.6. The average molecular weight is 1010 g/mol. The fourth-order valence-electron chi connectivity index (χ4n) is 8.86. The lowest BCUT2D eigenvalue weighted by atomic mass is 10.0. The third kappa shape index (κ3) is 57.7. The molecule has 0 aromatic carbocycles. The van der Waals surface area contributed by atoms with Gasteiger partial charge in [0.2, 0.25) is 0 Å². The standard InChI is InChI=1S/C66H116O6/c1-4-7-10-13-16-19-22-25-26-27-28-29-30-31-32-33-34-35-36-37-38-39-40-42-44-47-50-53-56-59-65(68)71-62-63(61-70-64(67)58-55-52-49-46-43-24-21-18-15-12-9-6-3)72-66(69)60-57-54-51-48-45-41-23-20-17-14-11-8-5-2/h7,10,16,19,25-26,28-29,31-32,34-35,63H,4-6,8-9,11-15,17-18,20-24,27,30,33,36-62H2,1-3H3/b10-7-,19-16-,26-25-,29-28-,32-31-,35-34-. The second kappa shape index (κ2) is 60.4. The molecule has 0 aromatic heterocycles. The first-order valence-electron chi connectivity index (χ1n) is 30.9. The van der Waals surface area contributed by atoms with E-state index in [-0.39, 0.29) is 31.1 Å². The molecule has 0 aliphatic heterocycles. The Morgan fingerprint density at radius 2 is 0.542 bits per heavy atom. The summed E-state index contributed by atoms with van der Waals surface area (Å²) < 4.78 is 16.9. The molecule has 0 aliphatic carbocycles. The van der Waals surface area contributed by atoms with Crippen molar-refractivity contribution in [1.82, 2.24) is 0 Å². The zero-order chi connectivity index (χ0) is 52.2. The maximum atomic E-state index is 12.8. The molecular formula is C66H116O6. The number of allylic oxidation sites excluding steroid dienone is 12. The summed E-state index contributed by atoms with van der Waals surface area (Å²) in [7, 11) is 0. The summed E-state index contributed by atoms with van der Waals surface area (Å²) in [5.74, 6) is -0.862. The van der Waals surface area contributed by atoms with Crippen molar-refractivity contribution in [3.63, 3.8) is 0 Å². The summed E-state index contributed by atoms with van der Waals surface area (Å²) in [6.45, 7) is 6.55. The summed E-state index contributed by atoms with van der Waals surface area (Å²) in [5.41, 5.74) is 0. The minimum absolute atomic E-state index is 0.0712. The van der Waals surface area contributed by atoms with Crippen LogP contribution in [0.5, 0.6) is 0 Å². The molecule has 416 valence electrons. The predicted octanol–water partition coefficient (Wildman–Crippen LogP) is 20.9. The molecule has 0 amide bonds. The van der Waals surface area contributed by atoms with Crippen LogP contribution in [0.1, 0.15) is 310 Å². The van der Waals surface area contributed by atoms with Gasteiger partial charge in [0.15, 0.2) is 6.10 Å². The fourth-order valence-corrected chi connectivity index (χ4v) is 8.86. The van der Waals surface area contributed by atoms with Gasteiger partial charge < -0.3 is 14.2 Å². The van der Waals surface area contributed by atoms with Crippen LogP contribution >= 0.6 is 0 Å². The number of carbonyl (C=O) groups is 3. The second-order valence-corrected chi connectivity index (χ2v) is 20.6. The molecule has 0 N–H and O–H groups in total. The van der Waals surface area contributed by atoms with Gasteiger partial charge in [-0.1, -0.05) is 293 Å². The SMILES string of the molecule is CC/C=C\C/C=C\C/C=C\C/C=C\C/C=C\C/C=C\CCCCCCCCCCCCC(=O)OCC(COC(=O)CCCCCCCCCCCCCC)OC(=O)CCCCCCCCCCCCCCC. The van der Waals surface area contributed by atoms with Crippen LogP contribution in [0.2, 0.25) is 0 Å². The van der Waals surface area contributed by atoms with Crippen molar-refractivity contribution in [2.45, 2.75) is 316 Å². The van der Waals surface area contributed by atoms with Gasteiger partial charge in [-0.15, -0.1) is 0 Å². The average Bonchev–Trinajstić information content (AvgIpc) is 3.38. The molecule has 0 radical (unpaired) electrons. The Morgan fingerprint density at radius 1 is 0.292 bits per heavy atom. The highest BCUT2D eigenvalue weighted by atomic mass is 16.6. The van der Waals surface area contributed by atoms with E-state index >= 15 is 0 Å². The van der Waals surface area contributed by atoms with Gasteiger partial charge in [-0.3, -0.25) is 14.4 Å². The monoisotopic (exact) mass is 1000 g/mol. The van der Waals surface area contributed by atoms with Crippen LogP contribution in [0.15, 0.2) is 72.9 Å². The van der Waals surface area contributed by atoms with E-state index in [2.05, 4.69) is 93.7 Å². The van der Waals surface area contributed by atoms with E-state index in [4.69, 9.17) is 14.2 Å². The Labute approximate surface area is 446 Å². The number of unbranched alkanes of at least 4 members (excludes halogenated alkanes) is 33. The van der Waals surface area contributed by atoms with Crippen LogP contribution in [-0.2, 0) is 28.6 Å². The van der Waals surface area contributed by atoms with Gasteiger partial charge in [-0.25, -0.2) is 0 Å². The summed E-state index contributed by atoms with van der Waals surface area (Å²) in [5, 5.41) is 0. The van der Waals surface area contributed by atoms with Gasteiger partial charge in [0.1, 0.15) is 13.2 Å². The molecule has 72 heavy (non-hydrogen) atoms. The van der Waals surface area contributed by atoms with Crippen LogP contribution in [-0.4, -0.2) is 37.2 Å². The van der Waals surface area contributed by atoms with Crippen LogP contribution in [0.4, 0.5) is 0 Å². The lowest BCUT2D eigenvalue weighted by molar-refractivity contribution is -0.167. The highest BCUT2D eigenvalue weighted by Gasteiger charge is 2.19. The Kier molecular flexibility index (Phi) is 57.8. The minimum atomic E-state index is -0.772.